The van der Waals surface area contributed by atoms with Crippen LogP contribution in [0, 0.1) is 11.3 Å². The van der Waals surface area contributed by atoms with Crippen LogP contribution in [0.3, 0.4) is 0 Å². The largest absolute Gasteiger partial charge is 0.370 e. The first-order valence-corrected chi connectivity index (χ1v) is 7.60. The smallest absolute Gasteiger partial charge is 0.129 e. The van der Waals surface area contributed by atoms with E-state index in [2.05, 4.69) is 16.0 Å². The maximum absolute atomic E-state index is 9.00. The maximum atomic E-state index is 9.00. The highest BCUT2D eigenvalue weighted by Gasteiger charge is 2.23. The average molecular weight is 334 g/mol. The molecule has 1 atom stereocenters. The number of morpholine rings is 1. The molecular weight excluding hydrogens is 321 g/mol. The van der Waals surface area contributed by atoms with Crippen LogP contribution in [0.5, 0.6) is 0 Å². The molecule has 2 heterocycles. The van der Waals surface area contributed by atoms with Crippen LogP contribution in [0.2, 0.25) is 10.0 Å². The predicted molar refractivity (Wildman–Crippen MR) is 86.3 cm³/mol. The maximum Gasteiger partial charge on any atom is 0.129 e. The third-order valence-electron chi connectivity index (χ3n) is 3.58. The van der Waals surface area contributed by atoms with Crippen LogP contribution in [0.15, 0.2) is 36.5 Å². The van der Waals surface area contributed by atoms with Gasteiger partial charge in [-0.1, -0.05) is 29.3 Å². The van der Waals surface area contributed by atoms with E-state index < -0.39 is 0 Å². The van der Waals surface area contributed by atoms with Gasteiger partial charge >= 0.3 is 0 Å². The molecule has 1 aromatic heterocycles. The van der Waals surface area contributed by atoms with E-state index in [4.69, 9.17) is 33.2 Å². The number of pyridine rings is 1. The second kappa shape index (κ2) is 6.53. The summed E-state index contributed by atoms with van der Waals surface area (Å²) in [5.74, 6) is 0.785. The second-order valence-corrected chi connectivity index (χ2v) is 5.81. The molecule has 4 nitrogen and oxygen atoms in total. The molecule has 2 aromatic rings. The van der Waals surface area contributed by atoms with Crippen molar-refractivity contribution in [3.63, 3.8) is 0 Å². The molecule has 0 amide bonds. The van der Waals surface area contributed by atoms with E-state index in [0.29, 0.717) is 28.8 Å². The summed E-state index contributed by atoms with van der Waals surface area (Å²) in [6.07, 6.45) is 1.55. The predicted octanol–water partition coefficient (Wildman–Crippen LogP) is 3.84. The van der Waals surface area contributed by atoms with Crippen molar-refractivity contribution in [3.05, 3.63) is 57.7 Å². The fourth-order valence-electron chi connectivity index (χ4n) is 2.43. The Morgan fingerprint density at radius 1 is 1.23 bits per heavy atom. The molecule has 0 radical (unpaired) electrons. The van der Waals surface area contributed by atoms with Crippen LogP contribution in [-0.2, 0) is 4.74 Å². The summed E-state index contributed by atoms with van der Waals surface area (Å²) in [6, 6.07) is 11.1. The Morgan fingerprint density at radius 2 is 2.09 bits per heavy atom. The molecule has 0 saturated carbocycles. The zero-order chi connectivity index (χ0) is 15.5. The van der Waals surface area contributed by atoms with Gasteiger partial charge < -0.3 is 9.64 Å². The lowest BCUT2D eigenvalue weighted by Crippen LogP contribution is -2.38. The van der Waals surface area contributed by atoms with Crippen molar-refractivity contribution in [1.29, 1.82) is 5.26 Å². The molecule has 3 rings (SSSR count). The van der Waals surface area contributed by atoms with Crippen molar-refractivity contribution < 1.29 is 4.74 Å². The zero-order valence-corrected chi connectivity index (χ0v) is 13.2. The number of aromatic nitrogens is 1. The number of rotatable bonds is 2. The Kier molecular flexibility index (Phi) is 4.49. The van der Waals surface area contributed by atoms with E-state index in [1.165, 1.54) is 0 Å². The molecule has 1 saturated heterocycles. The molecule has 1 unspecified atom stereocenters. The molecule has 22 heavy (non-hydrogen) atoms. The Balaban J connectivity index is 1.81. The fraction of sp³-hybridized carbons (Fsp3) is 0.250. The van der Waals surface area contributed by atoms with Crippen molar-refractivity contribution in [2.45, 2.75) is 6.10 Å². The van der Waals surface area contributed by atoms with Crippen molar-refractivity contribution in [1.82, 2.24) is 4.98 Å². The summed E-state index contributed by atoms with van der Waals surface area (Å²) in [4.78, 5) is 6.45. The lowest BCUT2D eigenvalue weighted by Gasteiger charge is -2.34. The standard InChI is InChI=1S/C16H13Cl2N3O/c17-13-2-1-12(8-14(13)18)15-10-21(5-6-22-15)16-7-11(9-19)3-4-20-16/h1-4,7-8,15H,5-6,10H2. The Morgan fingerprint density at radius 3 is 2.86 bits per heavy atom. The highest BCUT2D eigenvalue weighted by molar-refractivity contribution is 6.42. The van der Waals surface area contributed by atoms with Gasteiger partial charge in [-0.2, -0.15) is 5.26 Å². The third-order valence-corrected chi connectivity index (χ3v) is 4.32. The minimum atomic E-state index is -0.101. The van der Waals surface area contributed by atoms with Crippen LogP contribution >= 0.6 is 23.2 Å². The molecule has 0 spiro atoms. The fourth-order valence-corrected chi connectivity index (χ4v) is 2.74. The normalized spacial score (nSPS) is 18.0. The van der Waals surface area contributed by atoms with Crippen molar-refractivity contribution >= 4 is 29.0 Å². The monoisotopic (exact) mass is 333 g/mol. The van der Waals surface area contributed by atoms with Gasteiger partial charge in [0.05, 0.1) is 28.3 Å². The van der Waals surface area contributed by atoms with Crippen molar-refractivity contribution in [3.8, 4) is 6.07 Å². The summed E-state index contributed by atoms with van der Waals surface area (Å²) in [6.45, 7) is 1.98. The van der Waals surface area contributed by atoms with Gasteiger partial charge in [0, 0.05) is 19.3 Å². The van der Waals surface area contributed by atoms with Crippen molar-refractivity contribution in [2.75, 3.05) is 24.6 Å². The summed E-state index contributed by atoms with van der Waals surface area (Å²) in [5.41, 5.74) is 1.58. The van der Waals surface area contributed by atoms with Gasteiger partial charge in [-0.15, -0.1) is 0 Å². The van der Waals surface area contributed by atoms with Gasteiger partial charge in [-0.05, 0) is 29.8 Å². The molecule has 1 fully saturated rings. The van der Waals surface area contributed by atoms with Gasteiger partial charge in [0.15, 0.2) is 0 Å². The summed E-state index contributed by atoms with van der Waals surface area (Å²) >= 11 is 12.0. The molecule has 0 N–H and O–H groups in total. The van der Waals surface area contributed by atoms with Crippen LogP contribution in [0.1, 0.15) is 17.2 Å². The van der Waals surface area contributed by atoms with E-state index in [-0.39, 0.29) is 6.10 Å². The number of anilines is 1. The molecule has 112 valence electrons. The SMILES string of the molecule is N#Cc1ccnc(N2CCOC(c3ccc(Cl)c(Cl)c3)C2)c1. The molecule has 1 aromatic carbocycles. The molecule has 6 heteroatoms. The minimum Gasteiger partial charge on any atom is -0.370 e. The zero-order valence-electron chi connectivity index (χ0n) is 11.7. The Hall–Kier alpha value is -1.80. The van der Waals surface area contributed by atoms with Crippen LogP contribution in [0.25, 0.3) is 0 Å². The van der Waals surface area contributed by atoms with Gasteiger partial charge in [-0.25, -0.2) is 4.98 Å². The third kappa shape index (κ3) is 3.17. The molecule has 0 bridgehead atoms. The number of nitriles is 1. The lowest BCUT2D eigenvalue weighted by molar-refractivity contribution is 0.0395. The van der Waals surface area contributed by atoms with Crippen LogP contribution < -0.4 is 4.90 Å². The highest BCUT2D eigenvalue weighted by Crippen LogP contribution is 2.30. The number of hydrogen-bond donors (Lipinski definition) is 0. The Labute approximate surface area is 138 Å². The van der Waals surface area contributed by atoms with Gasteiger partial charge in [0.1, 0.15) is 11.9 Å². The van der Waals surface area contributed by atoms with Crippen molar-refractivity contribution in [2.24, 2.45) is 0 Å². The van der Waals surface area contributed by atoms with Crippen LogP contribution in [0.4, 0.5) is 5.82 Å². The topological polar surface area (TPSA) is 49.2 Å². The van der Waals surface area contributed by atoms with E-state index in [1.807, 2.05) is 12.1 Å². The van der Waals surface area contributed by atoms with Gasteiger partial charge in [-0.3, -0.25) is 0 Å². The summed E-state index contributed by atoms with van der Waals surface area (Å²) in [5, 5.41) is 10.0. The number of ether oxygens (including phenoxy) is 1. The number of halogens is 2. The van der Waals surface area contributed by atoms with Gasteiger partial charge in [0.25, 0.3) is 0 Å². The number of benzene rings is 1. The molecule has 0 aliphatic carbocycles. The molecular formula is C16H13Cl2N3O. The molecule has 1 aliphatic rings. The summed E-state index contributed by atoms with van der Waals surface area (Å²) < 4.78 is 5.83. The first-order valence-electron chi connectivity index (χ1n) is 6.85. The highest BCUT2D eigenvalue weighted by atomic mass is 35.5. The first kappa shape index (κ1) is 15.1. The van der Waals surface area contributed by atoms with E-state index in [9.17, 15) is 0 Å². The lowest BCUT2D eigenvalue weighted by atomic mass is 10.1. The minimum absolute atomic E-state index is 0.101. The number of hydrogen-bond acceptors (Lipinski definition) is 4. The van der Waals surface area contributed by atoms with Gasteiger partial charge in [0.2, 0.25) is 0 Å². The van der Waals surface area contributed by atoms with E-state index in [1.54, 1.807) is 24.4 Å². The second-order valence-electron chi connectivity index (χ2n) is 4.99. The van der Waals surface area contributed by atoms with E-state index >= 15 is 0 Å². The Bertz CT molecular complexity index is 730. The van der Waals surface area contributed by atoms with E-state index in [0.717, 1.165) is 17.9 Å². The van der Waals surface area contributed by atoms with Crippen LogP contribution in [-0.4, -0.2) is 24.7 Å². The molecule has 1 aliphatic heterocycles. The first-order chi connectivity index (χ1) is 10.7. The quantitative estimate of drug-likeness (QED) is 0.837. The number of nitrogens with zero attached hydrogens (tertiary/aromatic N) is 3. The average Bonchev–Trinajstić information content (AvgIpc) is 2.57. The summed E-state index contributed by atoms with van der Waals surface area (Å²) in [7, 11) is 0.